The molecule has 1 aromatic carbocycles. The van der Waals surface area contributed by atoms with E-state index in [4.69, 9.17) is 11.6 Å². The molecule has 3 heteroatoms. The summed E-state index contributed by atoms with van der Waals surface area (Å²) in [6, 6.07) is 12.6. The van der Waals surface area contributed by atoms with Gasteiger partial charge in [0, 0.05) is 29.4 Å². The summed E-state index contributed by atoms with van der Waals surface area (Å²) in [5, 5.41) is 4.28. The molecule has 2 nitrogen and oxygen atoms in total. The number of hydrogen-bond acceptors (Lipinski definition) is 2. The van der Waals surface area contributed by atoms with Crippen LogP contribution in [0.15, 0.2) is 42.6 Å². The first-order chi connectivity index (χ1) is 9.72. The molecule has 0 saturated carbocycles. The van der Waals surface area contributed by atoms with Crippen molar-refractivity contribution in [2.45, 2.75) is 32.7 Å². The summed E-state index contributed by atoms with van der Waals surface area (Å²) in [7, 11) is 0. The van der Waals surface area contributed by atoms with Crippen LogP contribution in [0.1, 0.15) is 36.7 Å². The Kier molecular flexibility index (Phi) is 5.57. The minimum absolute atomic E-state index is 0.249. The molecule has 0 fully saturated rings. The number of rotatable bonds is 6. The molecular weight excluding hydrogens is 268 g/mol. The second-order valence-electron chi connectivity index (χ2n) is 4.88. The van der Waals surface area contributed by atoms with E-state index < -0.39 is 0 Å². The molecule has 0 aliphatic carbocycles. The van der Waals surface area contributed by atoms with Crippen LogP contribution >= 0.6 is 11.6 Å². The largest absolute Gasteiger partial charge is 0.310 e. The Bertz CT molecular complexity index is 537. The van der Waals surface area contributed by atoms with E-state index in [-0.39, 0.29) is 6.04 Å². The highest BCUT2D eigenvalue weighted by atomic mass is 35.5. The summed E-state index contributed by atoms with van der Waals surface area (Å²) in [6.07, 6.45) is 3.87. The van der Waals surface area contributed by atoms with Gasteiger partial charge >= 0.3 is 0 Å². The standard InChI is InChI=1S/C17H21ClN2/c1-3-13-8-9-16(20-12-13)11-17(19-4-2)14-6-5-7-15(18)10-14/h5-10,12,17,19H,3-4,11H2,1-2H3. The van der Waals surface area contributed by atoms with E-state index >= 15 is 0 Å². The van der Waals surface area contributed by atoms with Crippen LogP contribution in [0.2, 0.25) is 5.02 Å². The SMILES string of the molecule is CCNC(Cc1ccc(CC)cn1)c1cccc(Cl)c1. The van der Waals surface area contributed by atoms with Gasteiger partial charge in [0.2, 0.25) is 0 Å². The van der Waals surface area contributed by atoms with Crippen LogP contribution in [0.25, 0.3) is 0 Å². The highest BCUT2D eigenvalue weighted by molar-refractivity contribution is 6.30. The first-order valence-corrected chi connectivity index (χ1v) is 7.53. The molecule has 0 bridgehead atoms. The van der Waals surface area contributed by atoms with Crippen molar-refractivity contribution in [3.63, 3.8) is 0 Å². The number of nitrogens with zero attached hydrogens (tertiary/aromatic N) is 1. The van der Waals surface area contributed by atoms with Gasteiger partial charge in [-0.25, -0.2) is 0 Å². The molecule has 106 valence electrons. The summed E-state index contributed by atoms with van der Waals surface area (Å²) in [4.78, 5) is 4.55. The molecule has 2 rings (SSSR count). The molecule has 0 amide bonds. The molecule has 20 heavy (non-hydrogen) atoms. The Labute approximate surface area is 126 Å². The number of hydrogen-bond donors (Lipinski definition) is 1. The lowest BCUT2D eigenvalue weighted by Gasteiger charge is -2.18. The lowest BCUT2D eigenvalue weighted by atomic mass is 10.0. The number of likely N-dealkylation sites (N-methyl/N-ethyl adjacent to an activating group) is 1. The monoisotopic (exact) mass is 288 g/mol. The van der Waals surface area contributed by atoms with Crippen molar-refractivity contribution in [1.29, 1.82) is 0 Å². The van der Waals surface area contributed by atoms with Gasteiger partial charge in [-0.3, -0.25) is 4.98 Å². The van der Waals surface area contributed by atoms with Crippen molar-refractivity contribution in [1.82, 2.24) is 10.3 Å². The highest BCUT2D eigenvalue weighted by Gasteiger charge is 2.12. The average molecular weight is 289 g/mol. The van der Waals surface area contributed by atoms with Gasteiger partial charge in [0.15, 0.2) is 0 Å². The van der Waals surface area contributed by atoms with Crippen LogP contribution < -0.4 is 5.32 Å². The predicted molar refractivity (Wildman–Crippen MR) is 85.2 cm³/mol. The Morgan fingerprint density at radius 3 is 2.65 bits per heavy atom. The summed E-state index contributed by atoms with van der Waals surface area (Å²) in [6.45, 7) is 5.18. The number of aromatic nitrogens is 1. The second-order valence-corrected chi connectivity index (χ2v) is 5.32. The first-order valence-electron chi connectivity index (χ1n) is 7.15. The fraction of sp³-hybridized carbons (Fsp3) is 0.353. The fourth-order valence-corrected chi connectivity index (χ4v) is 2.47. The first kappa shape index (κ1) is 15.0. The van der Waals surface area contributed by atoms with Gasteiger partial charge in [-0.05, 0) is 42.3 Å². The van der Waals surface area contributed by atoms with E-state index in [0.717, 1.165) is 30.1 Å². The van der Waals surface area contributed by atoms with E-state index in [2.05, 4.69) is 42.3 Å². The Morgan fingerprint density at radius 1 is 1.20 bits per heavy atom. The zero-order valence-electron chi connectivity index (χ0n) is 12.1. The van der Waals surface area contributed by atoms with E-state index in [9.17, 15) is 0 Å². The molecule has 0 aliphatic rings. The van der Waals surface area contributed by atoms with Gasteiger partial charge < -0.3 is 5.32 Å². The normalized spacial score (nSPS) is 12.3. The smallest absolute Gasteiger partial charge is 0.0422 e. The third-order valence-corrected chi connectivity index (χ3v) is 3.64. The van der Waals surface area contributed by atoms with Crippen LogP contribution in [-0.2, 0) is 12.8 Å². The Morgan fingerprint density at radius 2 is 2.05 bits per heavy atom. The van der Waals surface area contributed by atoms with E-state index in [1.807, 2.05) is 24.4 Å². The lowest BCUT2D eigenvalue weighted by Crippen LogP contribution is -2.23. The molecule has 1 atom stereocenters. The van der Waals surface area contributed by atoms with Crippen molar-refractivity contribution in [2.75, 3.05) is 6.54 Å². The zero-order valence-corrected chi connectivity index (χ0v) is 12.8. The minimum atomic E-state index is 0.249. The number of aryl methyl sites for hydroxylation is 1. The van der Waals surface area contributed by atoms with Crippen molar-refractivity contribution in [3.8, 4) is 0 Å². The predicted octanol–water partition coefficient (Wildman–Crippen LogP) is 4.19. The summed E-state index contributed by atoms with van der Waals surface area (Å²) >= 11 is 6.09. The second kappa shape index (κ2) is 7.41. The van der Waals surface area contributed by atoms with Crippen molar-refractivity contribution < 1.29 is 0 Å². The van der Waals surface area contributed by atoms with E-state index in [1.165, 1.54) is 11.1 Å². The van der Waals surface area contributed by atoms with Gasteiger partial charge in [0.1, 0.15) is 0 Å². The third-order valence-electron chi connectivity index (χ3n) is 3.41. The molecule has 0 spiro atoms. The molecule has 1 N–H and O–H groups in total. The summed E-state index contributed by atoms with van der Waals surface area (Å²) in [5.74, 6) is 0. The topological polar surface area (TPSA) is 24.9 Å². The number of nitrogens with one attached hydrogen (secondary N) is 1. The van der Waals surface area contributed by atoms with E-state index in [0.29, 0.717) is 0 Å². The van der Waals surface area contributed by atoms with Crippen LogP contribution in [-0.4, -0.2) is 11.5 Å². The Balaban J connectivity index is 2.16. The van der Waals surface area contributed by atoms with Crippen LogP contribution in [0.5, 0.6) is 0 Å². The van der Waals surface area contributed by atoms with Crippen LogP contribution in [0.3, 0.4) is 0 Å². The summed E-state index contributed by atoms with van der Waals surface area (Å²) < 4.78 is 0. The molecule has 0 aliphatic heterocycles. The van der Waals surface area contributed by atoms with Crippen LogP contribution in [0.4, 0.5) is 0 Å². The molecule has 0 saturated heterocycles. The molecule has 2 aromatic rings. The molecule has 0 radical (unpaired) electrons. The maximum absolute atomic E-state index is 6.09. The fourth-order valence-electron chi connectivity index (χ4n) is 2.27. The van der Waals surface area contributed by atoms with Gasteiger partial charge in [-0.15, -0.1) is 0 Å². The average Bonchev–Trinajstić information content (AvgIpc) is 2.47. The number of halogens is 1. The minimum Gasteiger partial charge on any atom is -0.310 e. The molecule has 1 heterocycles. The number of pyridine rings is 1. The van der Waals surface area contributed by atoms with Gasteiger partial charge in [0.25, 0.3) is 0 Å². The Hall–Kier alpha value is -1.38. The highest BCUT2D eigenvalue weighted by Crippen LogP contribution is 2.21. The van der Waals surface area contributed by atoms with Crippen molar-refractivity contribution in [2.24, 2.45) is 0 Å². The lowest BCUT2D eigenvalue weighted by molar-refractivity contribution is 0.544. The van der Waals surface area contributed by atoms with E-state index in [1.54, 1.807) is 0 Å². The molecule has 1 unspecified atom stereocenters. The quantitative estimate of drug-likeness (QED) is 0.862. The van der Waals surface area contributed by atoms with Gasteiger partial charge in [0.05, 0.1) is 0 Å². The molecular formula is C17H21ClN2. The van der Waals surface area contributed by atoms with Crippen LogP contribution in [0, 0.1) is 0 Å². The van der Waals surface area contributed by atoms with Gasteiger partial charge in [-0.1, -0.05) is 43.6 Å². The zero-order chi connectivity index (χ0) is 14.4. The third kappa shape index (κ3) is 4.06. The maximum Gasteiger partial charge on any atom is 0.0422 e. The van der Waals surface area contributed by atoms with Crippen molar-refractivity contribution in [3.05, 3.63) is 64.4 Å². The maximum atomic E-state index is 6.09. The molecule has 1 aromatic heterocycles. The number of benzene rings is 1. The van der Waals surface area contributed by atoms with Crippen molar-refractivity contribution >= 4 is 11.6 Å². The van der Waals surface area contributed by atoms with Gasteiger partial charge in [-0.2, -0.15) is 0 Å². The summed E-state index contributed by atoms with van der Waals surface area (Å²) in [5.41, 5.74) is 3.59.